The van der Waals surface area contributed by atoms with E-state index in [0.29, 0.717) is 30.5 Å². The van der Waals surface area contributed by atoms with Gasteiger partial charge in [0.05, 0.1) is 8.04 Å². The van der Waals surface area contributed by atoms with Gasteiger partial charge in [0.2, 0.25) is 0 Å². The maximum absolute atomic E-state index is 13.1. The van der Waals surface area contributed by atoms with Gasteiger partial charge in [-0.3, -0.25) is 4.79 Å². The van der Waals surface area contributed by atoms with Gasteiger partial charge in [-0.15, -0.1) is 0 Å². The molecule has 0 saturated carbocycles. The van der Waals surface area contributed by atoms with Gasteiger partial charge in [0, 0.05) is 36.9 Å². The van der Waals surface area contributed by atoms with Crippen molar-refractivity contribution in [3.8, 4) is 11.8 Å². The summed E-state index contributed by atoms with van der Waals surface area (Å²) in [6.07, 6.45) is 1.64. The van der Waals surface area contributed by atoms with Crippen LogP contribution in [0.1, 0.15) is 11.1 Å². The number of benzene rings is 3. The lowest BCUT2D eigenvalue weighted by Crippen LogP contribution is -2.49. The number of para-hydroxylation sites is 1. The number of rotatable bonds is 6. The minimum Gasteiger partial charge on any atom is -0.487 e. The van der Waals surface area contributed by atoms with Crippen molar-refractivity contribution in [3.05, 3.63) is 96.5 Å². The number of ether oxygens (including phenoxy) is 1. The highest BCUT2D eigenvalue weighted by molar-refractivity contribution is 14.1. The second-order valence-electron chi connectivity index (χ2n) is 8.01. The lowest BCUT2D eigenvalue weighted by atomic mass is 10.1. The first-order valence-corrected chi connectivity index (χ1v) is 13.3. The lowest BCUT2D eigenvalue weighted by Gasteiger charge is -2.36. The van der Waals surface area contributed by atoms with Crippen molar-refractivity contribution in [2.24, 2.45) is 0 Å². The van der Waals surface area contributed by atoms with E-state index >= 15 is 0 Å². The quantitative estimate of drug-likeness (QED) is 0.171. The smallest absolute Gasteiger partial charge is 0.264 e. The van der Waals surface area contributed by atoms with Crippen LogP contribution < -0.4 is 9.64 Å². The Bertz CT molecular complexity index is 1240. The largest absolute Gasteiger partial charge is 0.487 e. The van der Waals surface area contributed by atoms with E-state index in [1.807, 2.05) is 54.6 Å². The first kappa shape index (κ1) is 25.5. The summed E-state index contributed by atoms with van der Waals surface area (Å²) in [5.41, 5.74) is 3.03. The topological polar surface area (TPSA) is 56.6 Å². The molecule has 8 heteroatoms. The monoisotopic (exact) mass is 661 g/mol. The average Bonchev–Trinajstić information content (AvgIpc) is 2.88. The molecule has 0 bridgehead atoms. The third kappa shape index (κ3) is 6.57. The molecule has 4 rings (SSSR count). The molecule has 1 aliphatic rings. The molecular weight excluding hydrogens is 641 g/mol. The molecule has 0 N–H and O–H groups in total. The van der Waals surface area contributed by atoms with Crippen LogP contribution in [0.2, 0.25) is 5.02 Å². The number of amides is 1. The minimum absolute atomic E-state index is 0.121. The van der Waals surface area contributed by atoms with Crippen molar-refractivity contribution >= 4 is 67.8 Å². The van der Waals surface area contributed by atoms with Crippen LogP contribution in [-0.4, -0.2) is 37.0 Å². The molecule has 1 aliphatic heterocycles. The number of piperazine rings is 1. The third-order valence-electron chi connectivity index (χ3n) is 5.67. The Morgan fingerprint density at radius 2 is 1.77 bits per heavy atom. The highest BCUT2D eigenvalue weighted by atomic mass is 127. The van der Waals surface area contributed by atoms with Gasteiger partial charge in [0.15, 0.2) is 0 Å². The second-order valence-corrected chi connectivity index (χ2v) is 10.5. The van der Waals surface area contributed by atoms with Crippen molar-refractivity contribution in [2.75, 3.05) is 31.1 Å². The molecule has 1 heterocycles. The Hall–Kier alpha value is -2.54. The third-order valence-corrected chi connectivity index (χ3v) is 7.31. The Morgan fingerprint density at radius 1 is 1.09 bits per heavy atom. The van der Waals surface area contributed by atoms with E-state index in [0.717, 1.165) is 37.9 Å². The molecule has 0 aliphatic carbocycles. The molecule has 178 valence electrons. The normalized spacial score (nSPS) is 13.9. The van der Waals surface area contributed by atoms with E-state index in [4.69, 9.17) is 16.3 Å². The van der Waals surface area contributed by atoms with Crippen molar-refractivity contribution in [3.63, 3.8) is 0 Å². The zero-order chi connectivity index (χ0) is 24.8. The highest BCUT2D eigenvalue weighted by Gasteiger charge is 2.24. The Balaban J connectivity index is 1.43. The van der Waals surface area contributed by atoms with Crippen LogP contribution in [0.15, 0.2) is 76.8 Å². The van der Waals surface area contributed by atoms with Crippen molar-refractivity contribution < 1.29 is 9.53 Å². The molecule has 0 aromatic heterocycles. The summed E-state index contributed by atoms with van der Waals surface area (Å²) >= 11 is 11.7. The molecule has 5 nitrogen and oxygen atoms in total. The van der Waals surface area contributed by atoms with Crippen molar-refractivity contribution in [1.29, 1.82) is 5.26 Å². The maximum Gasteiger partial charge on any atom is 0.264 e. The maximum atomic E-state index is 13.1. The lowest BCUT2D eigenvalue weighted by molar-refractivity contribution is -0.126. The van der Waals surface area contributed by atoms with Gasteiger partial charge in [0.1, 0.15) is 24.0 Å². The fourth-order valence-electron chi connectivity index (χ4n) is 3.82. The molecule has 35 heavy (non-hydrogen) atoms. The predicted octanol–water partition coefficient (Wildman–Crippen LogP) is 6.54. The van der Waals surface area contributed by atoms with Crippen LogP contribution in [-0.2, 0) is 11.4 Å². The van der Waals surface area contributed by atoms with Crippen LogP contribution in [0.25, 0.3) is 6.08 Å². The first-order chi connectivity index (χ1) is 16.9. The standard InChI is InChI=1S/C27H22BrClIN3O2/c28-24-15-20(16-25(30)26(24)35-18-19-6-8-22(29)9-7-19)14-21(17-31)27(34)33-12-10-32(11-13-33)23-4-2-1-3-5-23/h1-9,14-16H,10-13,18H2/b21-14-. The number of hydrogen-bond acceptors (Lipinski definition) is 4. The van der Waals surface area contributed by atoms with E-state index < -0.39 is 0 Å². The van der Waals surface area contributed by atoms with Gasteiger partial charge in [-0.1, -0.05) is 41.9 Å². The van der Waals surface area contributed by atoms with E-state index in [2.05, 4.69) is 61.6 Å². The van der Waals surface area contributed by atoms with Crippen LogP contribution in [0.4, 0.5) is 5.69 Å². The second kappa shape index (κ2) is 11.9. The molecule has 0 spiro atoms. The summed E-state index contributed by atoms with van der Waals surface area (Å²) in [4.78, 5) is 17.1. The van der Waals surface area contributed by atoms with Gasteiger partial charge in [-0.25, -0.2) is 0 Å². The van der Waals surface area contributed by atoms with Gasteiger partial charge in [0.25, 0.3) is 5.91 Å². The summed E-state index contributed by atoms with van der Waals surface area (Å²) in [6.45, 7) is 3.02. The average molecular weight is 663 g/mol. The Morgan fingerprint density at radius 3 is 2.40 bits per heavy atom. The van der Waals surface area contributed by atoms with Crippen LogP contribution in [0, 0.1) is 14.9 Å². The SMILES string of the molecule is N#C/C(=C/c1cc(Br)c(OCc2ccc(Cl)cc2)c(I)c1)C(=O)N1CCN(c2ccccc2)CC1. The van der Waals surface area contributed by atoms with Crippen LogP contribution in [0.5, 0.6) is 5.75 Å². The van der Waals surface area contributed by atoms with Gasteiger partial charge < -0.3 is 14.5 Å². The number of hydrogen-bond donors (Lipinski definition) is 0. The molecule has 0 atom stereocenters. The van der Waals surface area contributed by atoms with Gasteiger partial charge >= 0.3 is 0 Å². The number of nitrogens with zero attached hydrogens (tertiary/aromatic N) is 3. The highest BCUT2D eigenvalue weighted by Crippen LogP contribution is 2.33. The summed E-state index contributed by atoms with van der Waals surface area (Å²) in [5, 5.41) is 10.4. The minimum atomic E-state index is -0.241. The molecule has 1 amide bonds. The number of halogens is 3. The summed E-state index contributed by atoms with van der Waals surface area (Å²) in [6, 6.07) is 23.5. The summed E-state index contributed by atoms with van der Waals surface area (Å²) in [5.74, 6) is 0.467. The zero-order valence-electron chi connectivity index (χ0n) is 18.8. The molecule has 3 aromatic rings. The van der Waals surface area contributed by atoms with E-state index in [1.54, 1.807) is 11.0 Å². The Labute approximate surface area is 232 Å². The van der Waals surface area contributed by atoms with E-state index in [-0.39, 0.29) is 11.5 Å². The van der Waals surface area contributed by atoms with E-state index in [1.165, 1.54) is 0 Å². The number of nitriles is 1. The first-order valence-electron chi connectivity index (χ1n) is 11.0. The number of anilines is 1. The molecule has 1 saturated heterocycles. The Kier molecular flexibility index (Phi) is 8.71. The molecule has 1 fully saturated rings. The number of carbonyl (C=O) groups is 1. The molecular formula is C27H22BrClIN3O2. The molecule has 3 aromatic carbocycles. The fourth-order valence-corrected chi connectivity index (χ4v) is 5.72. The summed E-state index contributed by atoms with van der Waals surface area (Å²) < 4.78 is 7.63. The molecule has 0 radical (unpaired) electrons. The summed E-state index contributed by atoms with van der Waals surface area (Å²) in [7, 11) is 0. The van der Waals surface area contributed by atoms with Gasteiger partial charge in [-0.2, -0.15) is 5.26 Å². The van der Waals surface area contributed by atoms with Crippen molar-refractivity contribution in [1.82, 2.24) is 4.90 Å². The zero-order valence-corrected chi connectivity index (χ0v) is 23.3. The molecule has 0 unspecified atom stereocenters. The van der Waals surface area contributed by atoms with E-state index in [9.17, 15) is 10.1 Å². The van der Waals surface area contributed by atoms with Crippen molar-refractivity contribution in [2.45, 2.75) is 6.61 Å². The number of carbonyl (C=O) groups excluding carboxylic acids is 1. The fraction of sp³-hybridized carbons (Fsp3) is 0.185. The van der Waals surface area contributed by atoms with Crippen LogP contribution in [0.3, 0.4) is 0 Å². The predicted molar refractivity (Wildman–Crippen MR) is 151 cm³/mol. The van der Waals surface area contributed by atoms with Gasteiger partial charge in [-0.05, 0) is 92.1 Å². The van der Waals surface area contributed by atoms with Crippen LogP contribution >= 0.6 is 50.1 Å².